The smallest absolute Gasteiger partial charge is 0.251 e. The fraction of sp³-hybridized carbons (Fsp3) is 0.452. The number of para-hydroxylation sites is 1. The monoisotopic (exact) mass is 514 g/mol. The van der Waals surface area contributed by atoms with E-state index in [0.717, 1.165) is 23.3 Å². The van der Waals surface area contributed by atoms with Crippen molar-refractivity contribution in [1.82, 2.24) is 10.2 Å². The van der Waals surface area contributed by atoms with Gasteiger partial charge < -0.3 is 15.8 Å². The Kier molecular flexibility index (Phi) is 7.82. The van der Waals surface area contributed by atoms with Crippen molar-refractivity contribution in [2.24, 2.45) is 10.7 Å². The number of guanidine groups is 1. The normalized spacial score (nSPS) is 22.8. The third-order valence-electron chi connectivity index (χ3n) is 7.44. The number of carbonyl (C=O) groups is 2. The maximum Gasteiger partial charge on any atom is 0.251 e. The zero-order valence-electron chi connectivity index (χ0n) is 23.0. The SMILES string of the molecule is CC#CCCC(c1cccc(C(=O)NC2CC(C)(C)Oc3ccccc32)c1)N1C(=O)CC(C)(CC)N=C1N. The summed E-state index contributed by atoms with van der Waals surface area (Å²) in [7, 11) is 0. The first-order valence-corrected chi connectivity index (χ1v) is 13.3. The van der Waals surface area contributed by atoms with Gasteiger partial charge in [-0.25, -0.2) is 4.99 Å². The highest BCUT2D eigenvalue weighted by Gasteiger charge is 2.39. The van der Waals surface area contributed by atoms with E-state index in [-0.39, 0.29) is 29.9 Å². The van der Waals surface area contributed by atoms with Gasteiger partial charge in [0.1, 0.15) is 11.4 Å². The molecule has 0 fully saturated rings. The summed E-state index contributed by atoms with van der Waals surface area (Å²) in [6.07, 6.45) is 2.84. The number of hydrogen-bond donors (Lipinski definition) is 2. The number of nitrogens with zero attached hydrogens (tertiary/aromatic N) is 2. The molecule has 2 aliphatic heterocycles. The van der Waals surface area contributed by atoms with Crippen LogP contribution in [0.5, 0.6) is 5.75 Å². The number of hydrogen-bond acceptors (Lipinski definition) is 5. The molecule has 2 amide bonds. The minimum absolute atomic E-state index is 0.0628. The van der Waals surface area contributed by atoms with E-state index >= 15 is 0 Å². The Morgan fingerprint density at radius 1 is 1.24 bits per heavy atom. The summed E-state index contributed by atoms with van der Waals surface area (Å²) < 4.78 is 6.12. The molecule has 0 spiro atoms. The van der Waals surface area contributed by atoms with Crippen molar-refractivity contribution in [2.75, 3.05) is 0 Å². The number of nitrogens with two attached hydrogens (primary N) is 1. The molecule has 0 bridgehead atoms. The van der Waals surface area contributed by atoms with Gasteiger partial charge in [-0.15, -0.1) is 11.8 Å². The molecular formula is C31H38N4O3. The summed E-state index contributed by atoms with van der Waals surface area (Å²) in [4.78, 5) is 33.1. The van der Waals surface area contributed by atoms with Gasteiger partial charge in [0.2, 0.25) is 5.91 Å². The van der Waals surface area contributed by atoms with Crippen molar-refractivity contribution >= 4 is 17.8 Å². The first-order valence-electron chi connectivity index (χ1n) is 13.3. The van der Waals surface area contributed by atoms with Gasteiger partial charge in [0.25, 0.3) is 5.91 Å². The molecular weight excluding hydrogens is 476 g/mol. The summed E-state index contributed by atoms with van der Waals surface area (Å²) in [6.45, 7) is 9.81. The van der Waals surface area contributed by atoms with Crippen molar-refractivity contribution < 1.29 is 14.3 Å². The van der Waals surface area contributed by atoms with E-state index < -0.39 is 11.1 Å². The lowest BCUT2D eigenvalue weighted by Crippen LogP contribution is -2.51. The van der Waals surface area contributed by atoms with Gasteiger partial charge in [-0.3, -0.25) is 14.5 Å². The molecule has 0 radical (unpaired) electrons. The van der Waals surface area contributed by atoms with Gasteiger partial charge in [-0.1, -0.05) is 37.3 Å². The maximum atomic E-state index is 13.5. The summed E-state index contributed by atoms with van der Waals surface area (Å²) in [5.41, 5.74) is 7.80. The van der Waals surface area contributed by atoms with Gasteiger partial charge in [0.15, 0.2) is 5.96 Å². The van der Waals surface area contributed by atoms with Crippen molar-refractivity contribution in [3.8, 4) is 17.6 Å². The second-order valence-electron chi connectivity index (χ2n) is 11.0. The van der Waals surface area contributed by atoms with Crippen LogP contribution in [0.3, 0.4) is 0 Å². The van der Waals surface area contributed by atoms with Crippen molar-refractivity contribution in [1.29, 1.82) is 0 Å². The standard InChI is InChI=1S/C31H38N4O3/c1-6-8-9-16-25(35-27(36)20-31(5,7-2)34-29(35)32)21-13-12-14-22(18-21)28(37)33-24-19-30(3,4)38-26-17-11-10-15-23(24)26/h10-15,17-18,24-25H,7,9,16,19-20H2,1-5H3,(H2,32,34)(H,33,37). The number of nitrogens with one attached hydrogen (secondary N) is 1. The first-order chi connectivity index (χ1) is 18.1. The number of ether oxygens (including phenoxy) is 1. The lowest BCUT2D eigenvalue weighted by molar-refractivity contribution is -0.131. The highest BCUT2D eigenvalue weighted by atomic mass is 16.5. The molecule has 0 aliphatic carbocycles. The van der Waals surface area contributed by atoms with Crippen molar-refractivity contribution in [3.63, 3.8) is 0 Å². The van der Waals surface area contributed by atoms with Crippen LogP contribution in [-0.4, -0.2) is 33.8 Å². The van der Waals surface area contributed by atoms with E-state index in [9.17, 15) is 9.59 Å². The molecule has 3 atom stereocenters. The van der Waals surface area contributed by atoms with E-state index in [0.29, 0.717) is 31.2 Å². The summed E-state index contributed by atoms with van der Waals surface area (Å²) in [6, 6.07) is 14.7. The Hall–Kier alpha value is -3.79. The van der Waals surface area contributed by atoms with E-state index in [1.165, 1.54) is 0 Å². The van der Waals surface area contributed by atoms with E-state index in [2.05, 4.69) is 22.2 Å². The highest BCUT2D eigenvalue weighted by molar-refractivity contribution is 5.99. The minimum Gasteiger partial charge on any atom is -0.487 e. The first kappa shape index (κ1) is 27.3. The number of fused-ring (bicyclic) bond motifs is 1. The van der Waals surface area contributed by atoms with Crippen LogP contribution in [0.25, 0.3) is 0 Å². The largest absolute Gasteiger partial charge is 0.487 e. The second kappa shape index (κ2) is 10.9. The lowest BCUT2D eigenvalue weighted by Gasteiger charge is -2.39. The topological polar surface area (TPSA) is 97.0 Å². The zero-order chi connectivity index (χ0) is 27.5. The molecule has 7 heteroatoms. The van der Waals surface area contributed by atoms with E-state index in [1.54, 1.807) is 17.9 Å². The molecule has 2 heterocycles. The maximum absolute atomic E-state index is 13.5. The number of aliphatic imine (C=N–C) groups is 1. The van der Waals surface area contributed by atoms with Gasteiger partial charge in [0, 0.05) is 24.0 Å². The highest BCUT2D eigenvalue weighted by Crippen LogP contribution is 2.39. The Balaban J connectivity index is 1.63. The molecule has 2 aromatic rings. The van der Waals surface area contributed by atoms with Crippen LogP contribution < -0.4 is 15.8 Å². The molecule has 0 saturated carbocycles. The number of rotatable bonds is 7. The fourth-order valence-corrected chi connectivity index (χ4v) is 5.28. The van der Waals surface area contributed by atoms with Gasteiger partial charge in [-0.2, -0.15) is 0 Å². The summed E-state index contributed by atoms with van der Waals surface area (Å²) in [5, 5.41) is 3.21. The third kappa shape index (κ3) is 5.85. The molecule has 3 unspecified atom stereocenters. The van der Waals surface area contributed by atoms with E-state index in [1.807, 2.05) is 70.2 Å². The summed E-state index contributed by atoms with van der Waals surface area (Å²) >= 11 is 0. The van der Waals surface area contributed by atoms with Crippen LogP contribution in [0.2, 0.25) is 0 Å². The third-order valence-corrected chi connectivity index (χ3v) is 7.44. The number of amides is 2. The van der Waals surface area contributed by atoms with Crippen LogP contribution in [-0.2, 0) is 4.79 Å². The second-order valence-corrected chi connectivity index (χ2v) is 11.0. The molecule has 2 aliphatic rings. The van der Waals surface area contributed by atoms with Crippen LogP contribution in [0.4, 0.5) is 0 Å². The van der Waals surface area contributed by atoms with Crippen molar-refractivity contribution in [3.05, 3.63) is 65.2 Å². The van der Waals surface area contributed by atoms with Crippen LogP contribution in [0.15, 0.2) is 53.5 Å². The average Bonchev–Trinajstić information content (AvgIpc) is 2.87. The molecule has 4 rings (SSSR count). The molecule has 200 valence electrons. The summed E-state index contributed by atoms with van der Waals surface area (Å²) in [5.74, 6) is 6.78. The number of benzene rings is 2. The average molecular weight is 515 g/mol. The minimum atomic E-state index is -0.499. The molecule has 2 aromatic carbocycles. The van der Waals surface area contributed by atoms with Crippen LogP contribution in [0.1, 0.15) is 100 Å². The molecule has 38 heavy (non-hydrogen) atoms. The predicted octanol–water partition coefficient (Wildman–Crippen LogP) is 5.28. The molecule has 0 aromatic heterocycles. The van der Waals surface area contributed by atoms with Crippen LogP contribution in [0, 0.1) is 11.8 Å². The van der Waals surface area contributed by atoms with Gasteiger partial charge >= 0.3 is 0 Å². The van der Waals surface area contributed by atoms with Crippen LogP contribution >= 0.6 is 0 Å². The molecule has 0 saturated heterocycles. The number of carbonyl (C=O) groups excluding carboxylic acids is 2. The van der Waals surface area contributed by atoms with Gasteiger partial charge in [-0.05, 0) is 64.3 Å². The zero-order valence-corrected chi connectivity index (χ0v) is 23.0. The Morgan fingerprint density at radius 2 is 2.00 bits per heavy atom. The Labute approximate surface area is 225 Å². The van der Waals surface area contributed by atoms with Crippen molar-refractivity contribution in [2.45, 2.75) is 89.9 Å². The Morgan fingerprint density at radius 3 is 2.71 bits per heavy atom. The molecule has 3 N–H and O–H groups in total. The quantitative estimate of drug-likeness (QED) is 0.491. The molecule has 7 nitrogen and oxygen atoms in total. The predicted molar refractivity (Wildman–Crippen MR) is 150 cm³/mol. The van der Waals surface area contributed by atoms with Gasteiger partial charge in [0.05, 0.1) is 24.0 Å². The fourth-order valence-electron chi connectivity index (χ4n) is 5.28. The lowest BCUT2D eigenvalue weighted by atomic mass is 9.89. The van der Waals surface area contributed by atoms with E-state index in [4.69, 9.17) is 10.5 Å². The Bertz CT molecular complexity index is 1310.